The fraction of sp³-hybridized carbons (Fsp3) is 0.333. The van der Waals surface area contributed by atoms with E-state index in [1.54, 1.807) is 7.11 Å². The Hall–Kier alpha value is -1.16. The minimum Gasteiger partial charge on any atom is -0.344 e. The molecule has 0 spiro atoms. The maximum Gasteiger partial charge on any atom is 0.247 e. The zero-order valence-corrected chi connectivity index (χ0v) is 8.69. The van der Waals surface area contributed by atoms with Gasteiger partial charge in [-0.1, -0.05) is 24.3 Å². The van der Waals surface area contributed by atoms with E-state index >= 15 is 0 Å². The van der Waals surface area contributed by atoms with Gasteiger partial charge in [-0.25, -0.2) is 4.89 Å². The molecule has 2 bridgehead atoms. The van der Waals surface area contributed by atoms with E-state index in [0.717, 1.165) is 11.1 Å². The smallest absolute Gasteiger partial charge is 0.247 e. The quantitative estimate of drug-likeness (QED) is 0.518. The van der Waals surface area contributed by atoms with Crippen molar-refractivity contribution in [1.29, 1.82) is 0 Å². The van der Waals surface area contributed by atoms with Crippen LogP contribution in [0.4, 0.5) is 0 Å². The van der Waals surface area contributed by atoms with Crippen molar-refractivity contribution in [3.63, 3.8) is 0 Å². The normalized spacial score (nSPS) is 36.7. The van der Waals surface area contributed by atoms with E-state index in [0.29, 0.717) is 0 Å². The van der Waals surface area contributed by atoms with Crippen molar-refractivity contribution in [2.45, 2.75) is 18.3 Å². The summed E-state index contributed by atoms with van der Waals surface area (Å²) in [4.78, 5) is 10.7. The molecule has 1 aromatic carbocycles. The Bertz CT molecular complexity index is 440. The second kappa shape index (κ2) is 2.70. The van der Waals surface area contributed by atoms with Gasteiger partial charge in [0.1, 0.15) is 5.60 Å². The highest BCUT2D eigenvalue weighted by atomic mass is 17.2. The highest BCUT2D eigenvalue weighted by Gasteiger charge is 2.50. The first-order valence-electron chi connectivity index (χ1n) is 4.93. The van der Waals surface area contributed by atoms with Gasteiger partial charge in [0, 0.05) is 12.7 Å². The van der Waals surface area contributed by atoms with Gasteiger partial charge in [0.05, 0.1) is 0 Å². The van der Waals surface area contributed by atoms with Crippen LogP contribution in [0.2, 0.25) is 0 Å². The molecule has 2 heterocycles. The third-order valence-electron chi connectivity index (χ3n) is 3.10. The van der Waals surface area contributed by atoms with Crippen LogP contribution in [-0.4, -0.2) is 7.11 Å². The molecule has 0 saturated carbocycles. The van der Waals surface area contributed by atoms with Gasteiger partial charge in [-0.05, 0) is 24.6 Å². The van der Waals surface area contributed by atoms with Crippen LogP contribution in [-0.2, 0) is 25.9 Å². The summed E-state index contributed by atoms with van der Waals surface area (Å²) < 4.78 is 5.40. The van der Waals surface area contributed by atoms with Crippen molar-refractivity contribution < 1.29 is 14.5 Å². The average Bonchev–Trinajstić information content (AvgIpc) is 2.31. The maximum absolute atomic E-state index is 5.40. The summed E-state index contributed by atoms with van der Waals surface area (Å²) in [6.45, 7) is 1.97. The highest BCUT2D eigenvalue weighted by Crippen LogP contribution is 2.48. The first-order chi connectivity index (χ1) is 7.20. The van der Waals surface area contributed by atoms with Crippen LogP contribution in [0.5, 0.6) is 0 Å². The lowest BCUT2D eigenvalue weighted by molar-refractivity contribution is -0.469. The molecule has 0 N–H and O–H groups in total. The first-order valence-corrected chi connectivity index (χ1v) is 4.93. The van der Waals surface area contributed by atoms with Crippen LogP contribution in [0, 0.1) is 0 Å². The third-order valence-corrected chi connectivity index (χ3v) is 3.10. The fourth-order valence-corrected chi connectivity index (χ4v) is 2.17. The Kier molecular flexibility index (Phi) is 1.63. The molecule has 0 amide bonds. The fourth-order valence-electron chi connectivity index (χ4n) is 2.17. The number of methoxy groups -OCH3 is 1. The summed E-state index contributed by atoms with van der Waals surface area (Å²) in [5.74, 6) is -0.867. The summed E-state index contributed by atoms with van der Waals surface area (Å²) in [7, 11) is 1.61. The van der Waals surface area contributed by atoms with Crippen LogP contribution in [0.25, 0.3) is 0 Å². The Labute approximate surface area is 88.2 Å². The molecule has 2 aliphatic heterocycles. The number of fused-ring (bicyclic) bond motifs is 1. The molecule has 15 heavy (non-hydrogen) atoms. The van der Waals surface area contributed by atoms with E-state index in [2.05, 4.69) is 0 Å². The summed E-state index contributed by atoms with van der Waals surface area (Å²) >= 11 is 0. The molecule has 2 atom stereocenters. The van der Waals surface area contributed by atoms with Crippen LogP contribution in [0.3, 0.4) is 0 Å². The molecule has 3 heteroatoms. The zero-order chi connectivity index (χ0) is 10.5. The van der Waals surface area contributed by atoms with Gasteiger partial charge < -0.3 is 4.74 Å². The van der Waals surface area contributed by atoms with E-state index in [4.69, 9.17) is 14.5 Å². The lowest BCUT2D eigenvalue weighted by atomic mass is 9.81. The zero-order valence-electron chi connectivity index (χ0n) is 8.69. The van der Waals surface area contributed by atoms with E-state index < -0.39 is 11.4 Å². The molecule has 1 aliphatic carbocycles. The first kappa shape index (κ1) is 9.09. The van der Waals surface area contributed by atoms with Gasteiger partial charge >= 0.3 is 0 Å². The second-order valence-electron chi connectivity index (χ2n) is 4.02. The predicted molar refractivity (Wildman–Crippen MR) is 53.8 cm³/mol. The predicted octanol–water partition coefficient (Wildman–Crippen LogP) is 2.23. The largest absolute Gasteiger partial charge is 0.344 e. The van der Waals surface area contributed by atoms with Gasteiger partial charge in [0.25, 0.3) is 0 Å². The summed E-state index contributed by atoms with van der Waals surface area (Å²) in [6, 6.07) is 8.00. The van der Waals surface area contributed by atoms with E-state index in [1.165, 1.54) is 0 Å². The van der Waals surface area contributed by atoms with Crippen LogP contribution in [0.1, 0.15) is 18.1 Å². The Morgan fingerprint density at radius 3 is 2.40 bits per heavy atom. The van der Waals surface area contributed by atoms with Crippen molar-refractivity contribution in [2.75, 3.05) is 7.11 Å². The molecular formula is C12H12O3. The summed E-state index contributed by atoms with van der Waals surface area (Å²) in [6.07, 6.45) is 3.88. The lowest BCUT2D eigenvalue weighted by Gasteiger charge is -2.45. The Balaban J connectivity index is 2.30. The molecule has 78 valence electrons. The second-order valence-corrected chi connectivity index (χ2v) is 4.02. The molecule has 4 rings (SSSR count). The van der Waals surface area contributed by atoms with E-state index in [-0.39, 0.29) is 0 Å². The van der Waals surface area contributed by atoms with Gasteiger partial charge in [0.2, 0.25) is 5.79 Å². The molecular weight excluding hydrogens is 192 g/mol. The molecule has 0 aromatic heterocycles. The summed E-state index contributed by atoms with van der Waals surface area (Å²) in [5.41, 5.74) is 1.63. The monoisotopic (exact) mass is 204 g/mol. The topological polar surface area (TPSA) is 27.7 Å². The highest BCUT2D eigenvalue weighted by molar-refractivity contribution is 5.45. The van der Waals surface area contributed by atoms with Gasteiger partial charge in [-0.15, -0.1) is 0 Å². The summed E-state index contributed by atoms with van der Waals surface area (Å²) in [5, 5.41) is 0. The van der Waals surface area contributed by atoms with Gasteiger partial charge in [-0.3, -0.25) is 0 Å². The van der Waals surface area contributed by atoms with Crippen molar-refractivity contribution in [1.82, 2.24) is 0 Å². The molecule has 2 unspecified atom stereocenters. The molecule has 3 nitrogen and oxygen atoms in total. The number of benzene rings is 1. The molecule has 3 aliphatic rings. The van der Waals surface area contributed by atoms with Crippen LogP contribution in [0.15, 0.2) is 36.4 Å². The number of rotatable bonds is 1. The number of ether oxygens (including phenoxy) is 1. The van der Waals surface area contributed by atoms with Crippen molar-refractivity contribution in [2.24, 2.45) is 0 Å². The third kappa shape index (κ3) is 1.00. The van der Waals surface area contributed by atoms with Crippen LogP contribution < -0.4 is 0 Å². The molecule has 0 radical (unpaired) electrons. The van der Waals surface area contributed by atoms with E-state index in [1.807, 2.05) is 43.3 Å². The van der Waals surface area contributed by atoms with Crippen molar-refractivity contribution >= 4 is 0 Å². The molecule has 0 fully saturated rings. The van der Waals surface area contributed by atoms with Gasteiger partial charge in [-0.2, -0.15) is 4.89 Å². The number of hydrogen-bond donors (Lipinski definition) is 0. The Morgan fingerprint density at radius 2 is 1.80 bits per heavy atom. The SMILES string of the molecule is COC12C=CC(C)(OO1)c1ccccc12. The van der Waals surface area contributed by atoms with Crippen molar-refractivity contribution in [3.8, 4) is 0 Å². The van der Waals surface area contributed by atoms with Gasteiger partial charge in [0.15, 0.2) is 0 Å². The molecule has 1 aromatic rings. The minimum atomic E-state index is -0.867. The lowest BCUT2D eigenvalue weighted by Crippen LogP contribution is -2.46. The number of hydrogen-bond acceptors (Lipinski definition) is 3. The Morgan fingerprint density at radius 1 is 1.07 bits per heavy atom. The minimum absolute atomic E-state index is 0.489. The van der Waals surface area contributed by atoms with Crippen molar-refractivity contribution in [3.05, 3.63) is 47.5 Å². The van der Waals surface area contributed by atoms with Crippen LogP contribution >= 0.6 is 0 Å². The van der Waals surface area contributed by atoms with E-state index in [9.17, 15) is 0 Å². The average molecular weight is 204 g/mol. The molecule has 0 saturated heterocycles. The maximum atomic E-state index is 5.40. The standard InChI is InChI=1S/C12H12O3/c1-11-7-8-12(13-2,15-14-11)10-6-4-3-5-9(10)11/h3-8H,1-2H3.